The van der Waals surface area contributed by atoms with E-state index >= 15 is 0 Å². The minimum absolute atomic E-state index is 0.000679. The highest BCUT2D eigenvalue weighted by molar-refractivity contribution is 7.89. The highest BCUT2D eigenvalue weighted by atomic mass is 32.2. The number of piperidine rings is 1. The number of hydrogen-bond acceptors (Lipinski definition) is 4. The van der Waals surface area contributed by atoms with Crippen LogP contribution in [0.25, 0.3) is 0 Å². The lowest BCUT2D eigenvalue weighted by atomic mass is 9.95. The Labute approximate surface area is 179 Å². The number of amides is 2. The van der Waals surface area contributed by atoms with Crippen molar-refractivity contribution < 1.29 is 18.0 Å². The molecular weight excluding hydrogens is 402 g/mol. The van der Waals surface area contributed by atoms with E-state index in [1.807, 2.05) is 20.8 Å². The van der Waals surface area contributed by atoms with Gasteiger partial charge in [0.25, 0.3) is 0 Å². The van der Waals surface area contributed by atoms with Crippen LogP contribution in [0, 0.1) is 24.7 Å². The first-order valence-electron chi connectivity index (χ1n) is 10.8. The van der Waals surface area contributed by atoms with Crippen molar-refractivity contribution in [3.8, 4) is 0 Å². The van der Waals surface area contributed by atoms with Crippen molar-refractivity contribution in [2.75, 3.05) is 19.6 Å². The van der Waals surface area contributed by atoms with Crippen LogP contribution in [0.5, 0.6) is 0 Å². The summed E-state index contributed by atoms with van der Waals surface area (Å²) in [4.78, 5) is 27.5. The number of benzene rings is 1. The molecule has 30 heavy (non-hydrogen) atoms. The van der Waals surface area contributed by atoms with Crippen molar-refractivity contribution in [1.82, 2.24) is 14.9 Å². The molecule has 1 saturated carbocycles. The van der Waals surface area contributed by atoms with Crippen LogP contribution in [-0.4, -0.2) is 50.8 Å². The van der Waals surface area contributed by atoms with Gasteiger partial charge in [0.2, 0.25) is 21.8 Å². The molecule has 0 aromatic heterocycles. The Bertz CT molecular complexity index is 863. The molecule has 7 nitrogen and oxygen atoms in total. The summed E-state index contributed by atoms with van der Waals surface area (Å²) < 4.78 is 28.3. The lowest BCUT2D eigenvalue weighted by Crippen LogP contribution is -2.54. The molecule has 1 aliphatic carbocycles. The third kappa shape index (κ3) is 5.82. The maximum atomic E-state index is 13.2. The molecule has 1 aromatic carbocycles. The Balaban J connectivity index is 1.66. The number of hydrogen-bond donors (Lipinski definition) is 2. The Hall–Kier alpha value is -1.93. The second-order valence-corrected chi connectivity index (χ2v) is 10.7. The summed E-state index contributed by atoms with van der Waals surface area (Å²) >= 11 is 0. The number of rotatable bonds is 8. The molecule has 0 spiro atoms. The third-order valence-electron chi connectivity index (χ3n) is 5.91. The van der Waals surface area contributed by atoms with E-state index in [0.717, 1.165) is 18.4 Å². The van der Waals surface area contributed by atoms with Crippen molar-refractivity contribution in [2.24, 2.45) is 17.8 Å². The van der Waals surface area contributed by atoms with Gasteiger partial charge in [0, 0.05) is 19.6 Å². The zero-order chi connectivity index (χ0) is 21.9. The van der Waals surface area contributed by atoms with Crippen LogP contribution in [0.3, 0.4) is 0 Å². The van der Waals surface area contributed by atoms with E-state index in [1.54, 1.807) is 29.2 Å². The molecule has 1 aliphatic heterocycles. The second-order valence-electron chi connectivity index (χ2n) is 8.97. The predicted molar refractivity (Wildman–Crippen MR) is 115 cm³/mol. The first-order valence-corrected chi connectivity index (χ1v) is 12.3. The number of sulfonamides is 1. The van der Waals surface area contributed by atoms with Crippen molar-refractivity contribution >= 4 is 21.8 Å². The zero-order valence-electron chi connectivity index (χ0n) is 18.1. The zero-order valence-corrected chi connectivity index (χ0v) is 18.9. The van der Waals surface area contributed by atoms with Crippen LogP contribution in [0.1, 0.15) is 45.1 Å². The lowest BCUT2D eigenvalue weighted by Gasteiger charge is -2.35. The summed E-state index contributed by atoms with van der Waals surface area (Å²) in [7, 11) is -3.82. The minimum atomic E-state index is -3.82. The molecule has 0 bridgehead atoms. The van der Waals surface area contributed by atoms with Gasteiger partial charge in [0.15, 0.2) is 0 Å². The quantitative estimate of drug-likeness (QED) is 0.653. The molecule has 3 rings (SSSR count). The van der Waals surface area contributed by atoms with Gasteiger partial charge in [-0.2, -0.15) is 4.72 Å². The SMILES string of the molecule is Cc1ccc(S(=O)(=O)N[C@H](C(=O)N2CCC[C@H](C(=O)NCC3CC3)C2)C(C)C)cc1. The molecule has 1 aromatic rings. The van der Waals surface area contributed by atoms with Crippen LogP contribution in [0.15, 0.2) is 29.2 Å². The molecule has 2 N–H and O–H groups in total. The number of carbonyl (C=O) groups is 2. The topological polar surface area (TPSA) is 95.6 Å². The highest BCUT2D eigenvalue weighted by Gasteiger charge is 2.35. The van der Waals surface area contributed by atoms with E-state index in [1.165, 1.54) is 12.8 Å². The molecule has 2 aliphatic rings. The van der Waals surface area contributed by atoms with Gasteiger partial charge < -0.3 is 10.2 Å². The minimum Gasteiger partial charge on any atom is -0.356 e. The van der Waals surface area contributed by atoms with Crippen LogP contribution < -0.4 is 10.0 Å². The summed E-state index contributed by atoms with van der Waals surface area (Å²) in [6, 6.07) is 5.68. The van der Waals surface area contributed by atoms with E-state index in [0.29, 0.717) is 25.6 Å². The van der Waals surface area contributed by atoms with Crippen LogP contribution in [0.4, 0.5) is 0 Å². The van der Waals surface area contributed by atoms with Gasteiger partial charge in [-0.15, -0.1) is 0 Å². The van der Waals surface area contributed by atoms with Gasteiger partial charge in [-0.1, -0.05) is 31.5 Å². The van der Waals surface area contributed by atoms with E-state index in [2.05, 4.69) is 10.0 Å². The predicted octanol–water partition coefficient (Wildman–Crippen LogP) is 2.06. The number of aryl methyl sites for hydroxylation is 1. The van der Waals surface area contributed by atoms with E-state index in [-0.39, 0.29) is 28.5 Å². The first kappa shape index (κ1) is 22.7. The average molecular weight is 436 g/mol. The van der Waals surface area contributed by atoms with Crippen LogP contribution >= 0.6 is 0 Å². The normalized spacial score (nSPS) is 20.8. The number of likely N-dealkylation sites (tertiary alicyclic amines) is 1. The second kappa shape index (κ2) is 9.47. The average Bonchev–Trinajstić information content (AvgIpc) is 3.54. The van der Waals surface area contributed by atoms with Crippen molar-refractivity contribution in [1.29, 1.82) is 0 Å². The number of nitrogens with one attached hydrogen (secondary N) is 2. The summed E-state index contributed by atoms with van der Waals surface area (Å²) in [5.41, 5.74) is 0.963. The largest absolute Gasteiger partial charge is 0.356 e. The Kier molecular flexibility index (Phi) is 7.18. The van der Waals surface area contributed by atoms with Gasteiger partial charge in [-0.25, -0.2) is 8.42 Å². The fourth-order valence-corrected chi connectivity index (χ4v) is 5.06. The molecule has 2 amide bonds. The molecule has 8 heteroatoms. The van der Waals surface area contributed by atoms with Crippen LogP contribution in [0.2, 0.25) is 0 Å². The Morgan fingerprint density at radius 1 is 1.13 bits per heavy atom. The molecule has 166 valence electrons. The number of carbonyl (C=O) groups excluding carboxylic acids is 2. The first-order chi connectivity index (χ1) is 14.2. The summed E-state index contributed by atoms with van der Waals surface area (Å²) in [5, 5.41) is 3.00. The Morgan fingerprint density at radius 3 is 2.40 bits per heavy atom. The maximum absolute atomic E-state index is 13.2. The van der Waals surface area contributed by atoms with Crippen molar-refractivity contribution in [3.63, 3.8) is 0 Å². The molecule has 1 saturated heterocycles. The fourth-order valence-electron chi connectivity index (χ4n) is 3.72. The van der Waals surface area contributed by atoms with E-state index in [9.17, 15) is 18.0 Å². The van der Waals surface area contributed by atoms with E-state index in [4.69, 9.17) is 0 Å². The standard InChI is InChI=1S/C22H33N3O4S/c1-15(2)20(24-30(28,29)19-10-6-16(3)7-11-19)22(27)25-12-4-5-18(14-25)21(26)23-13-17-8-9-17/h6-7,10-11,15,17-18,20,24H,4-5,8-9,12-14H2,1-3H3,(H,23,26)/t18-,20-/m0/s1. The van der Waals surface area contributed by atoms with Gasteiger partial charge in [0.1, 0.15) is 6.04 Å². The fraction of sp³-hybridized carbons (Fsp3) is 0.636. The number of nitrogens with zero attached hydrogens (tertiary/aromatic N) is 1. The van der Waals surface area contributed by atoms with Gasteiger partial charge >= 0.3 is 0 Å². The van der Waals surface area contributed by atoms with Crippen molar-refractivity contribution in [2.45, 2.75) is 57.4 Å². The molecular formula is C22H33N3O4S. The Morgan fingerprint density at radius 2 is 1.80 bits per heavy atom. The van der Waals surface area contributed by atoms with Gasteiger partial charge in [0.05, 0.1) is 10.8 Å². The van der Waals surface area contributed by atoms with Crippen LogP contribution in [-0.2, 0) is 19.6 Å². The molecule has 2 fully saturated rings. The van der Waals surface area contributed by atoms with Gasteiger partial charge in [-0.3, -0.25) is 9.59 Å². The third-order valence-corrected chi connectivity index (χ3v) is 7.37. The van der Waals surface area contributed by atoms with Crippen molar-refractivity contribution in [3.05, 3.63) is 29.8 Å². The lowest BCUT2D eigenvalue weighted by molar-refractivity contribution is -0.138. The molecule has 1 heterocycles. The summed E-state index contributed by atoms with van der Waals surface area (Å²) in [6.07, 6.45) is 3.84. The molecule has 0 radical (unpaired) electrons. The maximum Gasteiger partial charge on any atom is 0.241 e. The van der Waals surface area contributed by atoms with Gasteiger partial charge in [-0.05, 0) is 56.6 Å². The molecule has 2 atom stereocenters. The highest BCUT2D eigenvalue weighted by Crippen LogP contribution is 2.28. The monoisotopic (exact) mass is 435 g/mol. The summed E-state index contributed by atoms with van der Waals surface area (Å²) in [6.45, 7) is 7.13. The summed E-state index contributed by atoms with van der Waals surface area (Å²) in [5.74, 6) is -0.109. The smallest absolute Gasteiger partial charge is 0.241 e. The molecule has 0 unspecified atom stereocenters. The van der Waals surface area contributed by atoms with E-state index < -0.39 is 16.1 Å².